The molecule has 0 aromatic carbocycles. The van der Waals surface area contributed by atoms with Gasteiger partial charge in [-0.1, -0.05) is 6.42 Å². The van der Waals surface area contributed by atoms with Crippen LogP contribution in [0.4, 0.5) is 0 Å². The number of carboxylic acid groups (broad SMARTS) is 1. The van der Waals surface area contributed by atoms with E-state index in [2.05, 4.69) is 0 Å². The number of amides is 1. The highest BCUT2D eigenvalue weighted by Crippen LogP contribution is 2.25. The van der Waals surface area contributed by atoms with Gasteiger partial charge in [0.1, 0.15) is 0 Å². The number of hydrogen-bond donors (Lipinski definition) is 2. The molecule has 3 atom stereocenters. The molecule has 2 fully saturated rings. The van der Waals surface area contributed by atoms with E-state index in [9.17, 15) is 9.59 Å². The lowest BCUT2D eigenvalue weighted by Gasteiger charge is -2.35. The minimum atomic E-state index is -1.01. The Morgan fingerprint density at radius 3 is 2.78 bits per heavy atom. The van der Waals surface area contributed by atoms with Crippen LogP contribution in [-0.4, -0.2) is 53.7 Å². The normalized spacial score (nSPS) is 33.2. The number of carbonyl (C=O) groups excluding carboxylic acids is 1. The highest BCUT2D eigenvalue weighted by molar-refractivity contribution is 5.80. The molecule has 6 nitrogen and oxygen atoms in total. The van der Waals surface area contributed by atoms with Crippen molar-refractivity contribution in [3.63, 3.8) is 0 Å². The zero-order valence-corrected chi connectivity index (χ0v) is 10.4. The summed E-state index contributed by atoms with van der Waals surface area (Å²) in [5.41, 5.74) is 5.88. The fraction of sp³-hybridized carbons (Fsp3) is 0.833. The van der Waals surface area contributed by atoms with Crippen LogP contribution in [0, 0.1) is 5.92 Å². The highest BCUT2D eigenvalue weighted by atomic mass is 16.5. The first-order valence-corrected chi connectivity index (χ1v) is 6.46. The molecular formula is C12H20N2O4. The van der Waals surface area contributed by atoms with Crippen LogP contribution in [0.1, 0.15) is 25.7 Å². The van der Waals surface area contributed by atoms with Crippen molar-refractivity contribution in [3.8, 4) is 0 Å². The zero-order valence-electron chi connectivity index (χ0n) is 10.4. The van der Waals surface area contributed by atoms with Gasteiger partial charge in [-0.2, -0.15) is 0 Å². The SMILES string of the molecule is NC1CCCC(C(=O)N2CCOC(C(=O)O)C2)C1. The number of hydrogen-bond acceptors (Lipinski definition) is 4. The smallest absolute Gasteiger partial charge is 0.334 e. The number of ether oxygens (including phenoxy) is 1. The summed E-state index contributed by atoms with van der Waals surface area (Å²) in [7, 11) is 0. The van der Waals surface area contributed by atoms with Crippen LogP contribution >= 0.6 is 0 Å². The molecule has 102 valence electrons. The molecule has 18 heavy (non-hydrogen) atoms. The summed E-state index contributed by atoms with van der Waals surface area (Å²) < 4.78 is 5.11. The molecule has 0 radical (unpaired) electrons. The van der Waals surface area contributed by atoms with Gasteiger partial charge in [0, 0.05) is 18.5 Å². The number of nitrogens with two attached hydrogens (primary N) is 1. The maximum absolute atomic E-state index is 12.3. The third kappa shape index (κ3) is 3.00. The van der Waals surface area contributed by atoms with E-state index in [0.29, 0.717) is 19.6 Å². The summed E-state index contributed by atoms with van der Waals surface area (Å²) in [6.07, 6.45) is 2.64. The molecule has 3 N–H and O–H groups in total. The predicted octanol–water partition coefficient (Wildman–Crippen LogP) is -0.184. The van der Waals surface area contributed by atoms with E-state index in [4.69, 9.17) is 15.6 Å². The Morgan fingerprint density at radius 2 is 2.11 bits per heavy atom. The van der Waals surface area contributed by atoms with Crippen molar-refractivity contribution in [2.45, 2.75) is 37.8 Å². The summed E-state index contributed by atoms with van der Waals surface area (Å²) in [6, 6.07) is 0.101. The summed E-state index contributed by atoms with van der Waals surface area (Å²) in [4.78, 5) is 24.8. The summed E-state index contributed by atoms with van der Waals surface area (Å²) in [5, 5.41) is 8.91. The first-order chi connectivity index (χ1) is 8.58. The molecule has 1 saturated heterocycles. The van der Waals surface area contributed by atoms with E-state index in [1.165, 1.54) is 0 Å². The maximum Gasteiger partial charge on any atom is 0.334 e. The molecule has 1 saturated carbocycles. The lowest BCUT2D eigenvalue weighted by molar-refractivity contribution is -0.160. The quantitative estimate of drug-likeness (QED) is 0.714. The van der Waals surface area contributed by atoms with E-state index < -0.39 is 12.1 Å². The second-order valence-corrected chi connectivity index (χ2v) is 5.11. The molecular weight excluding hydrogens is 236 g/mol. The Hall–Kier alpha value is -1.14. The molecule has 0 aromatic rings. The van der Waals surface area contributed by atoms with Gasteiger partial charge >= 0.3 is 5.97 Å². The summed E-state index contributed by atoms with van der Waals surface area (Å²) in [5.74, 6) is -1.01. The number of carboxylic acids is 1. The third-order valence-corrected chi connectivity index (χ3v) is 3.72. The topological polar surface area (TPSA) is 92.9 Å². The maximum atomic E-state index is 12.3. The van der Waals surface area contributed by atoms with Crippen molar-refractivity contribution < 1.29 is 19.4 Å². The van der Waals surface area contributed by atoms with Gasteiger partial charge in [0.05, 0.1) is 13.2 Å². The van der Waals surface area contributed by atoms with Gasteiger partial charge < -0.3 is 20.5 Å². The number of morpholine rings is 1. The van der Waals surface area contributed by atoms with E-state index in [0.717, 1.165) is 19.3 Å². The van der Waals surface area contributed by atoms with Gasteiger partial charge in [-0.15, -0.1) is 0 Å². The first kappa shape index (κ1) is 13.3. The van der Waals surface area contributed by atoms with Gasteiger partial charge in [-0.05, 0) is 19.3 Å². The Bertz CT molecular complexity index is 334. The Labute approximate surface area is 106 Å². The monoisotopic (exact) mass is 256 g/mol. The predicted molar refractivity (Wildman–Crippen MR) is 63.9 cm³/mol. The van der Waals surface area contributed by atoms with Crippen molar-refractivity contribution in [1.82, 2.24) is 4.90 Å². The molecule has 3 unspecified atom stereocenters. The second-order valence-electron chi connectivity index (χ2n) is 5.11. The van der Waals surface area contributed by atoms with Gasteiger partial charge in [-0.3, -0.25) is 4.79 Å². The van der Waals surface area contributed by atoms with Crippen molar-refractivity contribution in [2.24, 2.45) is 11.7 Å². The molecule has 2 rings (SSSR count). The molecule has 1 aliphatic heterocycles. The van der Waals surface area contributed by atoms with Crippen LogP contribution < -0.4 is 5.73 Å². The van der Waals surface area contributed by atoms with Crippen LogP contribution in [-0.2, 0) is 14.3 Å². The van der Waals surface area contributed by atoms with Crippen molar-refractivity contribution >= 4 is 11.9 Å². The average Bonchev–Trinajstić information content (AvgIpc) is 2.38. The van der Waals surface area contributed by atoms with Crippen molar-refractivity contribution in [3.05, 3.63) is 0 Å². The minimum Gasteiger partial charge on any atom is -0.479 e. The van der Waals surface area contributed by atoms with Crippen LogP contribution in [0.15, 0.2) is 0 Å². The molecule has 0 bridgehead atoms. The van der Waals surface area contributed by atoms with E-state index in [1.54, 1.807) is 4.90 Å². The molecule has 1 heterocycles. The first-order valence-electron chi connectivity index (χ1n) is 6.46. The Morgan fingerprint density at radius 1 is 1.33 bits per heavy atom. The largest absolute Gasteiger partial charge is 0.479 e. The van der Waals surface area contributed by atoms with Crippen LogP contribution in [0.2, 0.25) is 0 Å². The standard InChI is InChI=1S/C12H20N2O4/c13-9-3-1-2-8(6-9)11(15)14-4-5-18-10(7-14)12(16)17/h8-10H,1-7,13H2,(H,16,17). The van der Waals surface area contributed by atoms with E-state index in [1.807, 2.05) is 0 Å². The van der Waals surface area contributed by atoms with Crippen LogP contribution in [0.5, 0.6) is 0 Å². The Kier molecular flexibility index (Phi) is 4.19. The fourth-order valence-corrected chi connectivity index (χ4v) is 2.71. The molecule has 0 aromatic heterocycles. The fourth-order valence-electron chi connectivity index (χ4n) is 2.71. The van der Waals surface area contributed by atoms with Gasteiger partial charge in [0.2, 0.25) is 5.91 Å². The van der Waals surface area contributed by atoms with Crippen LogP contribution in [0.25, 0.3) is 0 Å². The third-order valence-electron chi connectivity index (χ3n) is 3.72. The molecule has 6 heteroatoms. The highest BCUT2D eigenvalue weighted by Gasteiger charge is 2.34. The lowest BCUT2D eigenvalue weighted by Crippen LogP contribution is -2.51. The number of carbonyl (C=O) groups is 2. The zero-order chi connectivity index (χ0) is 13.1. The molecule has 1 amide bonds. The summed E-state index contributed by atoms with van der Waals surface area (Å²) in [6.45, 7) is 0.926. The second kappa shape index (κ2) is 5.67. The van der Waals surface area contributed by atoms with Gasteiger partial charge in [0.15, 0.2) is 6.10 Å². The number of nitrogens with zero attached hydrogens (tertiary/aromatic N) is 1. The summed E-state index contributed by atoms with van der Waals surface area (Å²) >= 11 is 0. The minimum absolute atomic E-state index is 0.0405. The average molecular weight is 256 g/mol. The van der Waals surface area contributed by atoms with E-state index in [-0.39, 0.29) is 24.4 Å². The Balaban J connectivity index is 1.93. The van der Waals surface area contributed by atoms with Crippen molar-refractivity contribution in [1.29, 1.82) is 0 Å². The molecule has 2 aliphatic rings. The van der Waals surface area contributed by atoms with E-state index >= 15 is 0 Å². The lowest BCUT2D eigenvalue weighted by atomic mass is 9.85. The molecule has 0 spiro atoms. The number of aliphatic carboxylic acids is 1. The van der Waals surface area contributed by atoms with Crippen molar-refractivity contribution in [2.75, 3.05) is 19.7 Å². The molecule has 1 aliphatic carbocycles. The van der Waals surface area contributed by atoms with Gasteiger partial charge in [0.25, 0.3) is 0 Å². The van der Waals surface area contributed by atoms with Crippen LogP contribution in [0.3, 0.4) is 0 Å². The number of rotatable bonds is 2. The van der Waals surface area contributed by atoms with Gasteiger partial charge in [-0.25, -0.2) is 4.79 Å².